The van der Waals surface area contributed by atoms with Crippen LogP contribution in [0.25, 0.3) is 11.0 Å². The smallest absolute Gasteiger partial charge is 0.286 e. The molecule has 1 heterocycles. The summed E-state index contributed by atoms with van der Waals surface area (Å²) in [6.07, 6.45) is -1.29. The van der Waals surface area contributed by atoms with E-state index < -0.39 is 23.6 Å². The van der Waals surface area contributed by atoms with Crippen molar-refractivity contribution in [3.63, 3.8) is 0 Å². The van der Waals surface area contributed by atoms with Crippen molar-refractivity contribution in [3.8, 4) is 0 Å². The highest BCUT2D eigenvalue weighted by Gasteiger charge is 2.30. The number of nitrogens with one attached hydrogen (secondary N) is 2. The number of anilines is 1. The lowest BCUT2D eigenvalue weighted by Gasteiger charge is -2.19. The summed E-state index contributed by atoms with van der Waals surface area (Å²) in [5.74, 6) is -1.29. The van der Waals surface area contributed by atoms with Crippen LogP contribution < -0.4 is 10.9 Å². The highest BCUT2D eigenvalue weighted by atomic mass is 19.4. The molecular formula is C17H21F3N6O3. The van der Waals surface area contributed by atoms with Crippen LogP contribution in [-0.4, -0.2) is 44.3 Å². The third-order valence-corrected chi connectivity index (χ3v) is 4.14. The molecular weight excluding hydrogens is 393 g/mol. The Morgan fingerprint density at radius 2 is 2.03 bits per heavy atom. The molecule has 0 aliphatic rings. The Hall–Kier alpha value is -3.02. The number of hydrogen-bond acceptors (Lipinski definition) is 7. The molecule has 29 heavy (non-hydrogen) atoms. The van der Waals surface area contributed by atoms with Gasteiger partial charge in [0.1, 0.15) is 5.52 Å². The molecule has 0 bridgehead atoms. The fourth-order valence-electron chi connectivity index (χ4n) is 2.60. The lowest BCUT2D eigenvalue weighted by molar-refractivity contribution is -0.154. The van der Waals surface area contributed by atoms with Crippen molar-refractivity contribution in [2.24, 2.45) is 5.92 Å². The third-order valence-electron chi connectivity index (χ3n) is 4.14. The molecule has 1 atom stereocenters. The lowest BCUT2D eigenvalue weighted by atomic mass is 10.0. The molecule has 2 rings (SSSR count). The Morgan fingerprint density at radius 3 is 2.69 bits per heavy atom. The van der Waals surface area contributed by atoms with E-state index in [-0.39, 0.29) is 29.9 Å². The molecule has 0 radical (unpaired) electrons. The highest BCUT2D eigenvalue weighted by molar-refractivity contribution is 5.80. The van der Waals surface area contributed by atoms with Crippen molar-refractivity contribution in [1.29, 1.82) is 0 Å². The topological polar surface area (TPSA) is 120 Å². The molecule has 2 amide bonds. The van der Waals surface area contributed by atoms with Crippen molar-refractivity contribution in [2.45, 2.75) is 38.8 Å². The lowest BCUT2D eigenvalue weighted by Crippen LogP contribution is -2.40. The fraction of sp³-hybridized carbons (Fsp3) is 0.471. The Balaban J connectivity index is 2.04. The van der Waals surface area contributed by atoms with Crippen LogP contribution in [0, 0.1) is 5.92 Å². The second kappa shape index (κ2) is 9.96. The van der Waals surface area contributed by atoms with Crippen LogP contribution in [0.5, 0.6) is 0 Å². The van der Waals surface area contributed by atoms with Crippen LogP contribution in [0.2, 0.25) is 0 Å². The van der Waals surface area contributed by atoms with Crippen LogP contribution in [-0.2, 0) is 15.8 Å². The van der Waals surface area contributed by atoms with Gasteiger partial charge in [0.05, 0.1) is 23.5 Å². The highest BCUT2D eigenvalue weighted by Crippen LogP contribution is 2.30. The maximum absolute atomic E-state index is 12.7. The number of carbonyl (C=O) groups is 2. The van der Waals surface area contributed by atoms with Crippen molar-refractivity contribution in [1.82, 2.24) is 25.7 Å². The standard InChI is InChI=1S/C17H21F3N6O3/c1-2-3-4-5-11(9-26(29)10-27)15(28)23-25-16-21-13-7-6-12(17(18,19)20)8-14(13)22-24-16/h6-8,10-11,29H,2-5,9H2,1H3,(H,23,28)(H,21,24,25)/t11-/m1/s1. The van der Waals surface area contributed by atoms with E-state index in [4.69, 9.17) is 0 Å². The molecule has 1 aromatic heterocycles. The minimum absolute atomic E-state index is 0.0453. The molecule has 0 spiro atoms. The number of rotatable bonds is 10. The Morgan fingerprint density at radius 1 is 1.28 bits per heavy atom. The molecule has 158 valence electrons. The first-order chi connectivity index (χ1) is 13.7. The summed E-state index contributed by atoms with van der Waals surface area (Å²) in [6, 6.07) is 2.86. The number of halogens is 3. The van der Waals surface area contributed by atoms with Gasteiger partial charge in [-0.15, -0.1) is 10.2 Å². The molecule has 0 aliphatic heterocycles. The van der Waals surface area contributed by atoms with E-state index in [0.29, 0.717) is 11.5 Å². The van der Waals surface area contributed by atoms with Crippen molar-refractivity contribution < 1.29 is 28.0 Å². The van der Waals surface area contributed by atoms with Gasteiger partial charge < -0.3 is 0 Å². The number of unbranched alkanes of at least 4 members (excludes halogenated alkanes) is 2. The summed E-state index contributed by atoms with van der Waals surface area (Å²) < 4.78 is 38.2. The number of nitrogens with zero attached hydrogens (tertiary/aromatic N) is 4. The molecule has 0 saturated heterocycles. The monoisotopic (exact) mass is 414 g/mol. The van der Waals surface area contributed by atoms with Gasteiger partial charge in [-0.3, -0.25) is 25.6 Å². The Bertz CT molecular complexity index is 849. The van der Waals surface area contributed by atoms with Gasteiger partial charge in [0.15, 0.2) is 0 Å². The van der Waals surface area contributed by atoms with Crippen molar-refractivity contribution in [3.05, 3.63) is 23.8 Å². The summed E-state index contributed by atoms with van der Waals surface area (Å²) in [5.41, 5.74) is 4.06. The van der Waals surface area contributed by atoms with E-state index in [1.165, 1.54) is 0 Å². The van der Waals surface area contributed by atoms with Gasteiger partial charge in [-0.2, -0.15) is 13.2 Å². The zero-order chi connectivity index (χ0) is 21.4. The number of alkyl halides is 3. The largest absolute Gasteiger partial charge is 0.416 e. The predicted octanol–water partition coefficient (Wildman–Crippen LogP) is 2.53. The van der Waals surface area contributed by atoms with E-state index >= 15 is 0 Å². The Labute approximate surface area is 164 Å². The average Bonchev–Trinajstić information content (AvgIpc) is 2.69. The summed E-state index contributed by atoms with van der Waals surface area (Å²) in [5, 5.41) is 17.1. The van der Waals surface area contributed by atoms with Gasteiger partial charge in [-0.1, -0.05) is 26.2 Å². The van der Waals surface area contributed by atoms with Gasteiger partial charge >= 0.3 is 6.18 Å². The van der Waals surface area contributed by atoms with Crippen molar-refractivity contribution >= 4 is 29.3 Å². The van der Waals surface area contributed by atoms with Crippen LogP contribution in [0.1, 0.15) is 38.2 Å². The van der Waals surface area contributed by atoms with E-state index in [2.05, 4.69) is 26.0 Å². The summed E-state index contributed by atoms with van der Waals surface area (Å²) in [7, 11) is 0. The van der Waals surface area contributed by atoms with Crippen LogP contribution in [0.15, 0.2) is 18.2 Å². The number of amides is 2. The zero-order valence-corrected chi connectivity index (χ0v) is 15.6. The van der Waals surface area contributed by atoms with Gasteiger partial charge in [0.2, 0.25) is 12.3 Å². The first-order valence-electron chi connectivity index (χ1n) is 8.93. The van der Waals surface area contributed by atoms with Crippen LogP contribution in [0.4, 0.5) is 19.1 Å². The SMILES string of the molecule is CCCCC[C@H](CN(O)C=O)C(=O)NNc1nnc2cc(C(F)(F)F)ccc2n1. The number of carbonyl (C=O) groups excluding carboxylic acids is 2. The molecule has 0 saturated carbocycles. The Kier molecular flexibility index (Phi) is 7.65. The van der Waals surface area contributed by atoms with Gasteiger partial charge in [-0.25, -0.2) is 10.0 Å². The molecule has 1 aromatic carbocycles. The first kappa shape index (κ1) is 22.3. The van der Waals surface area contributed by atoms with E-state index in [0.717, 1.165) is 37.5 Å². The summed E-state index contributed by atoms with van der Waals surface area (Å²) >= 11 is 0. The maximum Gasteiger partial charge on any atom is 0.416 e. The number of aromatic nitrogens is 3. The number of benzene rings is 1. The molecule has 0 unspecified atom stereocenters. The second-order valence-corrected chi connectivity index (χ2v) is 6.37. The number of hydroxylamine groups is 2. The van der Waals surface area contributed by atoms with Gasteiger partial charge in [0, 0.05) is 0 Å². The van der Waals surface area contributed by atoms with Gasteiger partial charge in [-0.05, 0) is 24.6 Å². The summed E-state index contributed by atoms with van der Waals surface area (Å²) in [4.78, 5) is 27.0. The number of hydrogen-bond donors (Lipinski definition) is 3. The molecule has 9 nitrogen and oxygen atoms in total. The molecule has 3 N–H and O–H groups in total. The van der Waals surface area contributed by atoms with E-state index in [1.54, 1.807) is 0 Å². The number of fused-ring (bicyclic) bond motifs is 1. The maximum atomic E-state index is 12.7. The second-order valence-electron chi connectivity index (χ2n) is 6.37. The molecule has 2 aromatic rings. The average molecular weight is 414 g/mol. The van der Waals surface area contributed by atoms with Crippen molar-refractivity contribution in [2.75, 3.05) is 12.0 Å². The van der Waals surface area contributed by atoms with Crippen LogP contribution >= 0.6 is 0 Å². The molecule has 12 heteroatoms. The molecule has 0 fully saturated rings. The summed E-state index contributed by atoms with van der Waals surface area (Å²) in [6.45, 7) is 1.82. The zero-order valence-electron chi connectivity index (χ0n) is 15.6. The number of hydrazine groups is 1. The minimum Gasteiger partial charge on any atom is -0.286 e. The van der Waals surface area contributed by atoms with Crippen LogP contribution in [0.3, 0.4) is 0 Å². The normalized spacial score (nSPS) is 12.4. The van der Waals surface area contributed by atoms with E-state index in [1.807, 2.05) is 6.92 Å². The quantitative estimate of drug-likeness (QED) is 0.236. The van der Waals surface area contributed by atoms with Gasteiger partial charge in [0.25, 0.3) is 5.95 Å². The minimum atomic E-state index is -4.50. The fourth-order valence-corrected chi connectivity index (χ4v) is 2.60. The van der Waals surface area contributed by atoms with E-state index in [9.17, 15) is 28.0 Å². The first-order valence-corrected chi connectivity index (χ1v) is 8.93. The molecule has 0 aliphatic carbocycles. The predicted molar refractivity (Wildman–Crippen MR) is 96.3 cm³/mol. The third kappa shape index (κ3) is 6.52.